The van der Waals surface area contributed by atoms with Gasteiger partial charge in [0, 0.05) is 10.8 Å². The molecule has 0 atom stereocenters. The lowest BCUT2D eigenvalue weighted by Gasteiger charge is -2.12. The van der Waals surface area contributed by atoms with Gasteiger partial charge in [0.1, 0.15) is 48.8 Å². The number of rotatable bonds is 14. The summed E-state index contributed by atoms with van der Waals surface area (Å²) in [4.78, 5) is 7.97. The zero-order chi connectivity index (χ0) is 53.7. The molecule has 8 aromatic carbocycles. The van der Waals surface area contributed by atoms with E-state index in [1.807, 2.05) is 0 Å². The summed E-state index contributed by atoms with van der Waals surface area (Å²) < 4.78 is 142. The third kappa shape index (κ3) is 10.6. The summed E-state index contributed by atoms with van der Waals surface area (Å²) in [7, 11) is -19.8. The van der Waals surface area contributed by atoms with E-state index in [0.717, 1.165) is 30.3 Å². The third-order valence-corrected chi connectivity index (χ3v) is 14.1. The Labute approximate surface area is 416 Å². The molecule has 378 valence electrons. The molecule has 0 aliphatic heterocycles. The Hall–Kier alpha value is -8.75. The molecule has 0 aromatic heterocycles. The number of nitrogen functional groups attached to an aromatic ring is 1. The summed E-state index contributed by atoms with van der Waals surface area (Å²) in [5, 5.41) is 65.5. The van der Waals surface area contributed by atoms with Crippen LogP contribution < -0.4 is 10.5 Å². The summed E-state index contributed by atoms with van der Waals surface area (Å²) in [5.41, 5.74) is 3.67. The molecular weight excluding hydrogens is 1050 g/mol. The molecule has 0 radical (unpaired) electrons. The van der Waals surface area contributed by atoms with Crippen molar-refractivity contribution >= 4 is 130 Å². The van der Waals surface area contributed by atoms with Gasteiger partial charge in [-0.3, -0.25) is 23.0 Å². The van der Waals surface area contributed by atoms with E-state index in [1.54, 1.807) is 25.1 Å². The lowest BCUT2D eigenvalue weighted by Crippen LogP contribution is -2.01. The van der Waals surface area contributed by atoms with Gasteiger partial charge in [-0.05, 0) is 108 Å². The molecule has 0 fully saturated rings. The van der Waals surface area contributed by atoms with Crippen LogP contribution in [0.2, 0.25) is 0 Å². The van der Waals surface area contributed by atoms with Crippen molar-refractivity contribution in [3.63, 3.8) is 0 Å². The predicted octanol–water partition coefficient (Wildman–Crippen LogP) is 10.3. The van der Waals surface area contributed by atoms with Crippen LogP contribution in [0.4, 0.5) is 51.2 Å². The molecule has 0 aliphatic rings. The van der Waals surface area contributed by atoms with Gasteiger partial charge in [-0.25, -0.2) is 0 Å². The number of ether oxygens (including phenoxy) is 1. The summed E-state index contributed by atoms with van der Waals surface area (Å²) in [6.45, 7) is 1.55. The molecule has 9 N–H and O–H groups in total. The second-order valence-corrected chi connectivity index (χ2v) is 21.1. The SMILES string of the molecule is Cc1ccc(N=Nc2ccc3ccc(N=Nc4ccc5cc(S(=O)(=O)O)c(N=Nc6ccc7cc(S(=O)(=O)O)c(N=Nc8cc(S(=O)(=O)O)ccc8OC=O)c(O)c7c6)c(N)c5c4O)cc3c2O)c(S(=O)(=O)O)c1. The Morgan fingerprint density at radius 3 is 1.59 bits per heavy atom. The number of hydrogen-bond acceptors (Lipinski definition) is 22. The van der Waals surface area contributed by atoms with Crippen molar-refractivity contribution in [2.45, 2.75) is 26.5 Å². The second kappa shape index (κ2) is 19.4. The molecule has 0 amide bonds. The van der Waals surface area contributed by atoms with Gasteiger partial charge in [-0.2, -0.15) is 43.9 Å². The van der Waals surface area contributed by atoms with Crippen LogP contribution in [0, 0.1) is 6.92 Å². The van der Waals surface area contributed by atoms with Crippen molar-refractivity contribution in [3.8, 4) is 23.0 Å². The van der Waals surface area contributed by atoms with E-state index in [0.29, 0.717) is 17.0 Å². The maximum atomic E-state index is 12.7. The van der Waals surface area contributed by atoms with Crippen molar-refractivity contribution in [3.05, 3.63) is 115 Å². The Morgan fingerprint density at radius 1 is 0.459 bits per heavy atom. The average molecular weight is 1090 g/mol. The number of anilines is 1. The van der Waals surface area contributed by atoms with Crippen LogP contribution in [0.15, 0.2) is 170 Å². The monoisotopic (exact) mass is 1090 g/mol. The highest BCUT2D eigenvalue weighted by molar-refractivity contribution is 7.86. The van der Waals surface area contributed by atoms with Gasteiger partial charge in [0.05, 0.1) is 27.3 Å². The van der Waals surface area contributed by atoms with Crippen LogP contribution >= 0.6 is 0 Å². The number of nitrogens with zero attached hydrogens (tertiary/aromatic N) is 8. The molecular formula is C44H31N9O17S4. The minimum atomic E-state index is -5.19. The van der Waals surface area contributed by atoms with Crippen LogP contribution in [0.3, 0.4) is 0 Å². The van der Waals surface area contributed by atoms with Crippen molar-refractivity contribution in [1.82, 2.24) is 0 Å². The predicted molar refractivity (Wildman–Crippen MR) is 262 cm³/mol. The molecule has 0 bridgehead atoms. The van der Waals surface area contributed by atoms with Crippen LogP contribution in [-0.2, 0) is 45.3 Å². The first-order valence-corrected chi connectivity index (χ1v) is 26.0. The van der Waals surface area contributed by atoms with Gasteiger partial charge in [-0.1, -0.05) is 30.3 Å². The molecule has 0 aliphatic carbocycles. The molecule has 26 nitrogen and oxygen atoms in total. The third-order valence-electron chi connectivity index (χ3n) is 10.6. The summed E-state index contributed by atoms with van der Waals surface area (Å²) in [6.07, 6.45) is 0. The van der Waals surface area contributed by atoms with Crippen LogP contribution in [0.25, 0.3) is 32.3 Å². The van der Waals surface area contributed by atoms with Crippen molar-refractivity contribution in [1.29, 1.82) is 0 Å². The summed E-state index contributed by atoms with van der Waals surface area (Å²) in [6, 6.07) is 21.8. The van der Waals surface area contributed by atoms with Gasteiger partial charge in [0.25, 0.3) is 46.9 Å². The fourth-order valence-electron chi connectivity index (χ4n) is 7.18. The van der Waals surface area contributed by atoms with E-state index in [2.05, 4.69) is 40.9 Å². The Balaban J connectivity index is 1.15. The highest BCUT2D eigenvalue weighted by atomic mass is 32.2. The van der Waals surface area contributed by atoms with E-state index < -0.39 is 100 Å². The minimum Gasteiger partial charge on any atom is -0.505 e. The molecule has 8 aromatic rings. The zero-order valence-corrected chi connectivity index (χ0v) is 40.2. The van der Waals surface area contributed by atoms with Gasteiger partial charge in [0.15, 0.2) is 23.0 Å². The molecule has 8 rings (SSSR count). The zero-order valence-electron chi connectivity index (χ0n) is 37.0. The highest BCUT2D eigenvalue weighted by Gasteiger charge is 2.26. The quantitative estimate of drug-likeness (QED) is 0.0217. The molecule has 0 saturated carbocycles. The number of nitrogens with two attached hydrogens (primary N) is 1. The lowest BCUT2D eigenvalue weighted by molar-refractivity contribution is -0.120. The van der Waals surface area contributed by atoms with Gasteiger partial charge >= 0.3 is 0 Å². The second-order valence-electron chi connectivity index (χ2n) is 15.5. The first-order valence-electron chi connectivity index (χ1n) is 20.3. The number of hydrogen-bond donors (Lipinski definition) is 8. The van der Waals surface area contributed by atoms with Crippen molar-refractivity contribution in [2.75, 3.05) is 5.73 Å². The van der Waals surface area contributed by atoms with E-state index in [1.165, 1.54) is 54.6 Å². The number of carbonyl (C=O) groups is 1. The number of carbonyl (C=O) groups excluding carboxylic acids is 1. The van der Waals surface area contributed by atoms with E-state index in [4.69, 9.17) is 10.5 Å². The summed E-state index contributed by atoms with van der Waals surface area (Å²) >= 11 is 0. The fraction of sp³-hybridized carbons (Fsp3) is 0.0227. The topological polar surface area (TPSA) is 429 Å². The van der Waals surface area contributed by atoms with Gasteiger partial charge < -0.3 is 25.8 Å². The molecule has 30 heteroatoms. The standard InChI is InChI=1S/C44H31N9O17S4/c1-21-2-10-30(35(14-21)72(61,62)63)48-50-31-11-5-22-3-7-25(17-28(22)42(31)55)46-49-32-12-6-24-16-36(73(64,65)66)40(39(45)38(24)44(32)57)52-47-26-8-4-23-15-37(74(67,68)69)41(43(56)29(23)18-26)53-51-33-19-27(71(58,59)60)9-13-34(33)70-20-54/h2-20,55-57H,45H2,1H3,(H,58,59,60)(H,61,62,63)(H,64,65,66)(H,67,68,69). The van der Waals surface area contributed by atoms with Crippen molar-refractivity contribution in [2.24, 2.45) is 40.9 Å². The first kappa shape index (κ1) is 51.6. The number of azo groups is 4. The van der Waals surface area contributed by atoms with Crippen LogP contribution in [0.5, 0.6) is 23.0 Å². The Kier molecular flexibility index (Phi) is 13.5. The normalized spacial score (nSPS) is 12.9. The number of benzene rings is 8. The van der Waals surface area contributed by atoms with E-state index >= 15 is 0 Å². The maximum absolute atomic E-state index is 12.7. The van der Waals surface area contributed by atoms with Gasteiger partial charge in [-0.15, -0.1) is 30.7 Å². The minimum absolute atomic E-state index is 0.0290. The van der Waals surface area contributed by atoms with E-state index in [9.17, 15) is 72.0 Å². The Morgan fingerprint density at radius 2 is 0.959 bits per heavy atom. The molecule has 0 heterocycles. The van der Waals surface area contributed by atoms with Crippen molar-refractivity contribution < 1.29 is 76.7 Å². The van der Waals surface area contributed by atoms with Gasteiger partial charge in [0.2, 0.25) is 0 Å². The molecule has 0 saturated heterocycles. The molecule has 74 heavy (non-hydrogen) atoms. The average Bonchev–Trinajstić information content (AvgIpc) is 3.32. The number of aromatic hydroxyl groups is 3. The lowest BCUT2D eigenvalue weighted by atomic mass is 10.1. The Bertz CT molecular complexity index is 4320. The van der Waals surface area contributed by atoms with E-state index in [-0.39, 0.29) is 67.6 Å². The van der Waals surface area contributed by atoms with Crippen LogP contribution in [0.1, 0.15) is 5.56 Å². The smallest absolute Gasteiger partial charge is 0.298 e. The number of aryl methyl sites for hydroxylation is 1. The first-order chi connectivity index (χ1) is 34.7. The number of fused-ring (bicyclic) bond motifs is 3. The van der Waals surface area contributed by atoms with Crippen LogP contribution in [-0.4, -0.2) is 73.7 Å². The largest absolute Gasteiger partial charge is 0.505 e. The highest BCUT2D eigenvalue weighted by Crippen LogP contribution is 2.47. The number of phenols is 3. The molecule has 0 spiro atoms. The fourth-order valence-corrected chi connectivity index (χ4v) is 9.71. The summed E-state index contributed by atoms with van der Waals surface area (Å²) in [5.74, 6) is -2.43. The maximum Gasteiger partial charge on any atom is 0.298 e. The molecule has 0 unspecified atom stereocenters. The number of phenolic OH excluding ortho intramolecular Hbond substituents is 3.